The maximum absolute atomic E-state index is 15.2. The van der Waals surface area contributed by atoms with Crippen LogP contribution in [-0.4, -0.2) is 4.98 Å². The Hall–Kier alpha value is -3.68. The summed E-state index contributed by atoms with van der Waals surface area (Å²) in [6.45, 7) is 0. The van der Waals surface area contributed by atoms with E-state index in [0.29, 0.717) is 0 Å². The molecule has 1 atom stereocenters. The first-order chi connectivity index (χ1) is 15.3. The molecule has 1 unspecified atom stereocenters. The lowest BCUT2D eigenvalue weighted by atomic mass is 9.97. The zero-order chi connectivity index (χ0) is 20.6. The molecule has 1 aromatic heterocycles. The highest BCUT2D eigenvalue weighted by Gasteiger charge is 2.47. The molecule has 146 valence electrons. The Morgan fingerprint density at radius 2 is 1.23 bits per heavy atom. The molecule has 7 rings (SSSR count). The van der Waals surface area contributed by atoms with Gasteiger partial charge in [0.2, 0.25) is 7.29 Å². The zero-order valence-corrected chi connectivity index (χ0v) is 17.5. The van der Waals surface area contributed by atoms with Crippen LogP contribution in [0.3, 0.4) is 0 Å². The first-order valence-electron chi connectivity index (χ1n) is 10.3. The minimum absolute atomic E-state index is 0.889. The Kier molecular flexibility index (Phi) is 3.26. The van der Waals surface area contributed by atoms with E-state index in [1.807, 2.05) is 60.9 Å². The molecule has 2 aliphatic rings. The van der Waals surface area contributed by atoms with Gasteiger partial charge in [-0.2, -0.15) is 0 Å². The molecule has 0 fully saturated rings. The van der Waals surface area contributed by atoms with Crippen molar-refractivity contribution >= 4 is 40.0 Å². The Bertz CT molecular complexity index is 1590. The second-order valence-corrected chi connectivity index (χ2v) is 10.5. The van der Waals surface area contributed by atoms with Crippen molar-refractivity contribution in [1.82, 2.24) is 4.98 Å². The Morgan fingerprint density at radius 3 is 1.97 bits per heavy atom. The van der Waals surface area contributed by atoms with Gasteiger partial charge >= 0.3 is 0 Å². The SMILES string of the molecule is O=P12c3ccccc3-c3ccncc3N1c1cc3ccccc3cc1-c1ccccc12. The quantitative estimate of drug-likeness (QED) is 0.279. The second-order valence-electron chi connectivity index (χ2n) is 8.03. The monoisotopic (exact) mass is 416 g/mol. The van der Waals surface area contributed by atoms with Gasteiger partial charge in [-0.05, 0) is 52.2 Å². The van der Waals surface area contributed by atoms with E-state index in [9.17, 15) is 0 Å². The number of hydrogen-bond donors (Lipinski definition) is 0. The highest BCUT2D eigenvalue weighted by Crippen LogP contribution is 2.65. The summed E-state index contributed by atoms with van der Waals surface area (Å²) < 4.78 is 17.3. The van der Waals surface area contributed by atoms with Gasteiger partial charge in [0.25, 0.3) is 0 Å². The summed E-state index contributed by atoms with van der Waals surface area (Å²) in [5.74, 6) is 0. The molecular formula is C27H17N2OP. The van der Waals surface area contributed by atoms with Crippen LogP contribution in [0.4, 0.5) is 11.4 Å². The molecule has 0 radical (unpaired) electrons. The summed E-state index contributed by atoms with van der Waals surface area (Å²) in [7, 11) is -3.15. The van der Waals surface area contributed by atoms with Gasteiger partial charge in [-0.25, -0.2) is 0 Å². The van der Waals surface area contributed by atoms with E-state index in [-0.39, 0.29) is 0 Å². The lowest BCUT2D eigenvalue weighted by Crippen LogP contribution is -2.37. The molecule has 0 N–H and O–H groups in total. The number of aromatic nitrogens is 1. The minimum Gasteiger partial charge on any atom is -0.289 e. The molecule has 0 saturated carbocycles. The van der Waals surface area contributed by atoms with Gasteiger partial charge in [0, 0.05) is 27.9 Å². The van der Waals surface area contributed by atoms with Crippen LogP contribution >= 0.6 is 7.29 Å². The van der Waals surface area contributed by atoms with E-state index in [1.54, 1.807) is 0 Å². The fourth-order valence-corrected chi connectivity index (χ4v) is 8.35. The summed E-state index contributed by atoms with van der Waals surface area (Å²) in [4.78, 5) is 4.42. The van der Waals surface area contributed by atoms with Crippen LogP contribution in [0.1, 0.15) is 0 Å². The summed E-state index contributed by atoms with van der Waals surface area (Å²) in [5, 5.41) is 4.09. The maximum atomic E-state index is 15.2. The van der Waals surface area contributed by atoms with Crippen molar-refractivity contribution in [2.45, 2.75) is 0 Å². The van der Waals surface area contributed by atoms with Crippen LogP contribution in [-0.2, 0) is 4.57 Å². The van der Waals surface area contributed by atoms with Crippen LogP contribution in [0.15, 0.2) is 103 Å². The van der Waals surface area contributed by atoms with E-state index in [1.165, 1.54) is 5.39 Å². The largest absolute Gasteiger partial charge is 0.289 e. The zero-order valence-electron chi connectivity index (χ0n) is 16.6. The van der Waals surface area contributed by atoms with Gasteiger partial charge in [-0.1, -0.05) is 60.7 Å². The van der Waals surface area contributed by atoms with E-state index in [4.69, 9.17) is 0 Å². The molecular weight excluding hydrogens is 399 g/mol. The molecule has 4 heteroatoms. The first-order valence-corrected chi connectivity index (χ1v) is 12.0. The average Bonchev–Trinajstić information content (AvgIpc) is 2.83. The van der Waals surface area contributed by atoms with Crippen LogP contribution < -0.4 is 15.3 Å². The Balaban J connectivity index is 1.70. The fourth-order valence-electron chi connectivity index (χ4n) is 5.11. The van der Waals surface area contributed by atoms with Crippen LogP contribution in [0.25, 0.3) is 33.0 Å². The third-order valence-corrected chi connectivity index (χ3v) is 9.52. The van der Waals surface area contributed by atoms with E-state index in [2.05, 4.69) is 52.1 Å². The van der Waals surface area contributed by atoms with Crippen molar-refractivity contribution in [3.05, 3.63) is 103 Å². The second kappa shape index (κ2) is 5.94. The highest BCUT2D eigenvalue weighted by atomic mass is 31.2. The predicted molar refractivity (Wildman–Crippen MR) is 128 cm³/mol. The Labute approximate surface area is 180 Å². The highest BCUT2D eigenvalue weighted by molar-refractivity contribution is 7.81. The van der Waals surface area contributed by atoms with Gasteiger partial charge < -0.3 is 0 Å². The number of pyridine rings is 1. The average molecular weight is 416 g/mol. The van der Waals surface area contributed by atoms with E-state index in [0.717, 1.165) is 49.6 Å². The van der Waals surface area contributed by atoms with Gasteiger partial charge in [0.05, 0.1) is 17.6 Å². The van der Waals surface area contributed by atoms with Gasteiger partial charge in [-0.3, -0.25) is 14.2 Å². The number of rotatable bonds is 0. The number of benzene rings is 4. The molecule has 31 heavy (non-hydrogen) atoms. The molecule has 0 aliphatic carbocycles. The molecule has 3 heterocycles. The van der Waals surface area contributed by atoms with E-state index < -0.39 is 7.29 Å². The summed E-state index contributed by atoms with van der Waals surface area (Å²) >= 11 is 0. The molecule has 0 saturated heterocycles. The molecule has 4 aromatic carbocycles. The molecule has 5 aromatic rings. The van der Waals surface area contributed by atoms with Crippen LogP contribution in [0.5, 0.6) is 0 Å². The lowest BCUT2D eigenvalue weighted by Gasteiger charge is -2.44. The number of hydrogen-bond acceptors (Lipinski definition) is 2. The number of anilines is 2. The fraction of sp³-hybridized carbons (Fsp3) is 0. The number of fused-ring (bicyclic) bond motifs is 12. The van der Waals surface area contributed by atoms with Crippen molar-refractivity contribution in [2.24, 2.45) is 0 Å². The molecule has 2 aliphatic heterocycles. The normalized spacial score (nSPS) is 17.9. The van der Waals surface area contributed by atoms with Crippen LogP contribution in [0, 0.1) is 0 Å². The van der Waals surface area contributed by atoms with Crippen molar-refractivity contribution in [3.8, 4) is 22.3 Å². The maximum Gasteiger partial charge on any atom is 0.235 e. The topological polar surface area (TPSA) is 33.2 Å². The molecule has 0 amide bonds. The van der Waals surface area contributed by atoms with Gasteiger partial charge in [0.15, 0.2) is 0 Å². The van der Waals surface area contributed by atoms with Crippen molar-refractivity contribution in [2.75, 3.05) is 4.67 Å². The number of nitrogens with zero attached hydrogens (tertiary/aromatic N) is 2. The minimum atomic E-state index is -3.15. The molecule has 0 spiro atoms. The predicted octanol–water partition coefficient (Wildman–Crippen LogP) is 6.26. The summed E-state index contributed by atoms with van der Waals surface area (Å²) in [6, 6.07) is 31.0. The van der Waals surface area contributed by atoms with Gasteiger partial charge in [0.1, 0.15) is 0 Å². The summed E-state index contributed by atoms with van der Waals surface area (Å²) in [5.41, 5.74) is 6.12. The third-order valence-electron chi connectivity index (χ3n) is 6.44. The third kappa shape index (κ3) is 2.09. The lowest BCUT2D eigenvalue weighted by molar-refractivity contribution is 0.586. The van der Waals surface area contributed by atoms with Gasteiger partial charge in [-0.15, -0.1) is 0 Å². The standard InChI is InChI=1S/C27H17N2OP/c30-31-26-11-5-3-9-21(26)20-13-14-28-17-25(20)29(31)24-16-19-8-2-1-7-18(19)15-23(24)22-10-4-6-12-27(22)31/h1-17H. The Morgan fingerprint density at radius 1 is 0.613 bits per heavy atom. The first kappa shape index (κ1) is 17.0. The summed E-state index contributed by atoms with van der Waals surface area (Å²) in [6.07, 6.45) is 3.66. The van der Waals surface area contributed by atoms with Crippen molar-refractivity contribution in [1.29, 1.82) is 0 Å². The molecule has 3 nitrogen and oxygen atoms in total. The van der Waals surface area contributed by atoms with E-state index >= 15 is 4.57 Å². The van der Waals surface area contributed by atoms with Crippen LogP contribution in [0.2, 0.25) is 0 Å². The molecule has 0 bridgehead atoms. The smallest absolute Gasteiger partial charge is 0.235 e. The van der Waals surface area contributed by atoms with Crippen molar-refractivity contribution in [3.63, 3.8) is 0 Å². The van der Waals surface area contributed by atoms with Crippen molar-refractivity contribution < 1.29 is 4.57 Å².